The highest BCUT2D eigenvalue weighted by Gasteiger charge is 2.36. The molecule has 0 aromatic heterocycles. The van der Waals surface area contributed by atoms with Crippen LogP contribution in [0.15, 0.2) is 36.5 Å². The normalized spacial score (nSPS) is 13.3. The van der Waals surface area contributed by atoms with Gasteiger partial charge < -0.3 is 20.7 Å². The molecular formula is C18H26BF3N2O3. The van der Waals surface area contributed by atoms with E-state index in [2.05, 4.69) is 17.2 Å². The van der Waals surface area contributed by atoms with Crippen LogP contribution in [0.2, 0.25) is 0 Å². The largest absolute Gasteiger partial charge is 0.475 e. The Morgan fingerprint density at radius 3 is 2.26 bits per heavy atom. The van der Waals surface area contributed by atoms with Gasteiger partial charge in [0.2, 0.25) is 0 Å². The lowest BCUT2D eigenvalue weighted by molar-refractivity contribution is -0.137. The molecule has 0 fully saturated rings. The van der Waals surface area contributed by atoms with E-state index in [1.165, 1.54) is 12.1 Å². The molecule has 5 nitrogen and oxygen atoms in total. The minimum absolute atomic E-state index is 0.161. The van der Waals surface area contributed by atoms with Gasteiger partial charge in [-0.25, -0.2) is 0 Å². The number of benzene rings is 1. The van der Waals surface area contributed by atoms with Gasteiger partial charge >= 0.3 is 13.3 Å². The number of hydrogen-bond acceptors (Lipinski definition) is 4. The summed E-state index contributed by atoms with van der Waals surface area (Å²) in [6.07, 6.45) is -4.23. The first-order valence-corrected chi connectivity index (χ1v) is 8.56. The van der Waals surface area contributed by atoms with Crippen LogP contribution < -0.4 is 10.6 Å². The van der Waals surface area contributed by atoms with E-state index in [9.17, 15) is 28.0 Å². The second-order valence-corrected chi connectivity index (χ2v) is 7.40. The fraction of sp³-hybridized carbons (Fsp3) is 0.500. The molecule has 0 radical (unpaired) electrons. The average molecular weight is 386 g/mol. The fourth-order valence-corrected chi connectivity index (χ4v) is 2.52. The Hall–Kier alpha value is -2.00. The smallest absolute Gasteiger partial charge is 0.426 e. The van der Waals surface area contributed by atoms with Gasteiger partial charge in [-0.15, -0.1) is 0 Å². The molecule has 0 saturated heterocycles. The van der Waals surface area contributed by atoms with Crippen LogP contribution in [0.25, 0.3) is 0 Å². The summed E-state index contributed by atoms with van der Waals surface area (Å²) in [5, 5.41) is 24.4. The first-order chi connectivity index (χ1) is 12.3. The van der Waals surface area contributed by atoms with Gasteiger partial charge in [0.05, 0.1) is 22.6 Å². The minimum Gasteiger partial charge on any atom is -0.426 e. The van der Waals surface area contributed by atoms with Gasteiger partial charge in [-0.2, -0.15) is 13.2 Å². The molecule has 0 unspecified atom stereocenters. The minimum atomic E-state index is -4.66. The standard InChI is InChI=1S/C18H26BF3N2O3/c1-11(2)10-15(19(26)27)23-12(3)17(4,5)24-16(25)13-8-6-7-9-14(13)18(20,21)22/h6-9,11,15,23,26-27H,3,10H2,1-2,4-5H3,(H,24,25)/t15-/m0/s1. The molecule has 1 rings (SSSR count). The SMILES string of the molecule is C=C(N[C@@H](CC(C)C)B(O)O)C(C)(C)NC(=O)c1ccccc1C(F)(F)F. The second kappa shape index (κ2) is 8.80. The molecule has 9 heteroatoms. The number of rotatable bonds is 8. The van der Waals surface area contributed by atoms with Crippen molar-refractivity contribution >= 4 is 13.0 Å². The molecule has 4 N–H and O–H groups in total. The van der Waals surface area contributed by atoms with Crippen LogP contribution in [-0.2, 0) is 6.18 Å². The van der Waals surface area contributed by atoms with E-state index in [0.29, 0.717) is 6.42 Å². The van der Waals surface area contributed by atoms with E-state index in [4.69, 9.17) is 0 Å². The molecule has 27 heavy (non-hydrogen) atoms. The predicted octanol–water partition coefficient (Wildman–Crippen LogP) is 2.74. The Balaban J connectivity index is 2.97. The van der Waals surface area contributed by atoms with Crippen molar-refractivity contribution in [1.29, 1.82) is 0 Å². The van der Waals surface area contributed by atoms with Crippen molar-refractivity contribution in [3.05, 3.63) is 47.7 Å². The summed E-state index contributed by atoms with van der Waals surface area (Å²) in [6.45, 7) is 10.7. The molecule has 150 valence electrons. The van der Waals surface area contributed by atoms with Crippen molar-refractivity contribution in [3.63, 3.8) is 0 Å². The van der Waals surface area contributed by atoms with Crippen LogP contribution in [0.4, 0.5) is 13.2 Å². The molecule has 0 saturated carbocycles. The van der Waals surface area contributed by atoms with E-state index in [1.54, 1.807) is 13.8 Å². The summed E-state index contributed by atoms with van der Waals surface area (Å²) in [5.41, 5.74) is -2.41. The molecule has 0 aliphatic rings. The number of hydrogen-bond donors (Lipinski definition) is 4. The molecule has 0 bridgehead atoms. The zero-order valence-electron chi connectivity index (χ0n) is 15.9. The molecular weight excluding hydrogens is 360 g/mol. The molecule has 1 amide bonds. The highest BCUT2D eigenvalue weighted by atomic mass is 19.4. The van der Waals surface area contributed by atoms with Gasteiger partial charge in [-0.1, -0.05) is 32.6 Å². The lowest BCUT2D eigenvalue weighted by Gasteiger charge is -2.33. The number of alkyl halides is 3. The first-order valence-electron chi connectivity index (χ1n) is 8.56. The van der Waals surface area contributed by atoms with Crippen molar-refractivity contribution in [2.24, 2.45) is 5.92 Å². The van der Waals surface area contributed by atoms with Crippen molar-refractivity contribution in [1.82, 2.24) is 10.6 Å². The lowest BCUT2D eigenvalue weighted by atomic mass is 9.74. The molecule has 0 heterocycles. The third kappa shape index (κ3) is 6.59. The Labute approximate surface area is 157 Å². The zero-order valence-corrected chi connectivity index (χ0v) is 15.9. The Bertz CT molecular complexity index is 676. The zero-order chi connectivity index (χ0) is 21.0. The van der Waals surface area contributed by atoms with E-state index in [-0.39, 0.29) is 11.6 Å². The molecule has 1 aromatic rings. The quantitative estimate of drug-likeness (QED) is 0.518. The van der Waals surface area contributed by atoms with Crippen molar-refractivity contribution in [2.45, 2.75) is 51.8 Å². The summed E-state index contributed by atoms with van der Waals surface area (Å²) < 4.78 is 39.4. The van der Waals surface area contributed by atoms with E-state index < -0.39 is 41.8 Å². The number of nitrogens with one attached hydrogen (secondary N) is 2. The summed E-state index contributed by atoms with van der Waals surface area (Å²) in [5.74, 6) is -1.47. The van der Waals surface area contributed by atoms with Gasteiger partial charge in [0, 0.05) is 5.70 Å². The number of carbonyl (C=O) groups excluding carboxylic acids is 1. The maximum absolute atomic E-state index is 13.1. The lowest BCUT2D eigenvalue weighted by Crippen LogP contribution is -2.53. The Morgan fingerprint density at radius 2 is 1.78 bits per heavy atom. The highest BCUT2D eigenvalue weighted by Crippen LogP contribution is 2.32. The van der Waals surface area contributed by atoms with E-state index in [0.717, 1.165) is 12.1 Å². The third-order valence-electron chi connectivity index (χ3n) is 4.10. The van der Waals surface area contributed by atoms with Crippen molar-refractivity contribution in [3.8, 4) is 0 Å². The van der Waals surface area contributed by atoms with Gasteiger partial charge in [0.1, 0.15) is 0 Å². The van der Waals surface area contributed by atoms with E-state index in [1.807, 2.05) is 13.8 Å². The van der Waals surface area contributed by atoms with Crippen molar-refractivity contribution < 1.29 is 28.0 Å². The van der Waals surface area contributed by atoms with Crippen molar-refractivity contribution in [2.75, 3.05) is 0 Å². The molecule has 0 aliphatic heterocycles. The van der Waals surface area contributed by atoms with Gasteiger partial charge in [-0.05, 0) is 38.3 Å². The second-order valence-electron chi connectivity index (χ2n) is 7.40. The van der Waals surface area contributed by atoms with Crippen LogP contribution in [0, 0.1) is 5.92 Å². The van der Waals surface area contributed by atoms with Crippen LogP contribution in [0.5, 0.6) is 0 Å². The van der Waals surface area contributed by atoms with Gasteiger partial charge in [0.15, 0.2) is 0 Å². The van der Waals surface area contributed by atoms with E-state index >= 15 is 0 Å². The maximum Gasteiger partial charge on any atom is 0.475 e. The maximum atomic E-state index is 13.1. The highest BCUT2D eigenvalue weighted by molar-refractivity contribution is 6.43. The topological polar surface area (TPSA) is 81.6 Å². The summed E-state index contributed by atoms with van der Waals surface area (Å²) >= 11 is 0. The van der Waals surface area contributed by atoms with Crippen LogP contribution in [-0.4, -0.2) is 34.6 Å². The number of amides is 1. The van der Waals surface area contributed by atoms with Crippen LogP contribution >= 0.6 is 0 Å². The average Bonchev–Trinajstić information content (AvgIpc) is 2.52. The Kier molecular flexibility index (Phi) is 7.51. The van der Waals surface area contributed by atoms with Crippen LogP contribution in [0.3, 0.4) is 0 Å². The van der Waals surface area contributed by atoms with Gasteiger partial charge in [-0.3, -0.25) is 4.79 Å². The molecule has 1 aromatic carbocycles. The molecule has 0 spiro atoms. The third-order valence-corrected chi connectivity index (χ3v) is 4.10. The predicted molar refractivity (Wildman–Crippen MR) is 98.7 cm³/mol. The van der Waals surface area contributed by atoms with Crippen LogP contribution in [0.1, 0.15) is 50.0 Å². The number of halogens is 3. The molecule has 0 aliphatic carbocycles. The summed E-state index contributed by atoms with van der Waals surface area (Å²) in [7, 11) is -1.65. The fourth-order valence-electron chi connectivity index (χ4n) is 2.52. The van der Waals surface area contributed by atoms with Gasteiger partial charge in [0.25, 0.3) is 5.91 Å². The monoisotopic (exact) mass is 386 g/mol. The molecule has 1 atom stereocenters. The number of carbonyl (C=O) groups is 1. The first kappa shape index (κ1) is 23.0. The summed E-state index contributed by atoms with van der Waals surface area (Å²) in [4.78, 5) is 12.5. The summed E-state index contributed by atoms with van der Waals surface area (Å²) in [6, 6.07) is 4.51. The Morgan fingerprint density at radius 1 is 1.22 bits per heavy atom.